The van der Waals surface area contributed by atoms with E-state index in [1.54, 1.807) is 6.07 Å². The molecule has 0 radical (unpaired) electrons. The second kappa shape index (κ2) is 7.56. The van der Waals surface area contributed by atoms with Crippen molar-refractivity contribution < 1.29 is 13.2 Å². The SMILES string of the molecule is N=Cc1ccc(-c2nc3ccn4c(CC(F)(F)F)nnc4c3cc2-c2ccccc2)cc1. The number of nitrogens with zero attached hydrogens (tertiary/aromatic N) is 4. The van der Waals surface area contributed by atoms with E-state index >= 15 is 0 Å². The number of halogens is 3. The Morgan fingerprint density at radius 3 is 2.34 bits per heavy atom. The van der Waals surface area contributed by atoms with Crippen molar-refractivity contribution in [2.45, 2.75) is 12.6 Å². The highest BCUT2D eigenvalue weighted by molar-refractivity contribution is 5.98. The van der Waals surface area contributed by atoms with Gasteiger partial charge in [-0.2, -0.15) is 13.2 Å². The lowest BCUT2D eigenvalue weighted by Gasteiger charge is -2.12. The van der Waals surface area contributed by atoms with Crippen LogP contribution >= 0.6 is 0 Å². The summed E-state index contributed by atoms with van der Waals surface area (Å²) in [6.07, 6.45) is -2.74. The Bertz CT molecular complexity index is 1440. The summed E-state index contributed by atoms with van der Waals surface area (Å²) in [6.45, 7) is 0. The average Bonchev–Trinajstić information content (AvgIpc) is 3.20. The fourth-order valence-corrected chi connectivity index (χ4v) is 3.74. The summed E-state index contributed by atoms with van der Waals surface area (Å²) < 4.78 is 40.2. The zero-order chi connectivity index (χ0) is 22.3. The maximum Gasteiger partial charge on any atom is 0.396 e. The Morgan fingerprint density at radius 1 is 0.906 bits per heavy atom. The van der Waals surface area contributed by atoms with Crippen molar-refractivity contribution >= 4 is 22.8 Å². The molecular formula is C24H16F3N5. The molecule has 0 aliphatic rings. The van der Waals surface area contributed by atoms with Crippen LogP contribution in [0.4, 0.5) is 13.2 Å². The van der Waals surface area contributed by atoms with Gasteiger partial charge in [0, 0.05) is 28.9 Å². The molecule has 0 atom stereocenters. The molecule has 3 aromatic heterocycles. The molecule has 0 amide bonds. The van der Waals surface area contributed by atoms with E-state index in [9.17, 15) is 13.2 Å². The van der Waals surface area contributed by atoms with Crippen LogP contribution in [0, 0.1) is 5.41 Å². The van der Waals surface area contributed by atoms with E-state index < -0.39 is 12.6 Å². The number of fused-ring (bicyclic) bond motifs is 3. The van der Waals surface area contributed by atoms with Crippen LogP contribution in [0.1, 0.15) is 11.4 Å². The van der Waals surface area contributed by atoms with Crippen molar-refractivity contribution in [1.29, 1.82) is 5.41 Å². The zero-order valence-corrected chi connectivity index (χ0v) is 16.6. The van der Waals surface area contributed by atoms with Crippen molar-refractivity contribution in [3.63, 3.8) is 0 Å². The summed E-state index contributed by atoms with van der Waals surface area (Å²) in [7, 11) is 0. The van der Waals surface area contributed by atoms with Crippen LogP contribution in [-0.2, 0) is 6.42 Å². The Kier molecular flexibility index (Phi) is 4.70. The molecule has 5 nitrogen and oxygen atoms in total. The molecule has 2 aromatic carbocycles. The number of nitrogens with one attached hydrogen (secondary N) is 1. The standard InChI is InChI=1S/C24H16F3N5/c25-24(26,27)13-21-30-31-23-19-12-18(16-4-2-1-3-5-16)22(29-20(19)10-11-32(21)23)17-8-6-15(14-28)7-9-17/h1-12,14,28H,13H2. The predicted octanol–water partition coefficient (Wildman–Crippen LogP) is 5.71. The van der Waals surface area contributed by atoms with Crippen molar-refractivity contribution in [2.75, 3.05) is 0 Å². The predicted molar refractivity (Wildman–Crippen MR) is 117 cm³/mol. The fraction of sp³-hybridized carbons (Fsp3) is 0.0833. The van der Waals surface area contributed by atoms with Crippen LogP contribution in [0.3, 0.4) is 0 Å². The van der Waals surface area contributed by atoms with Crippen molar-refractivity contribution in [2.24, 2.45) is 0 Å². The number of hydrogen-bond donors (Lipinski definition) is 1. The van der Waals surface area contributed by atoms with Gasteiger partial charge in [-0.15, -0.1) is 10.2 Å². The maximum atomic E-state index is 12.9. The highest BCUT2D eigenvalue weighted by Crippen LogP contribution is 2.34. The number of benzene rings is 2. The summed E-state index contributed by atoms with van der Waals surface area (Å²) in [6, 6.07) is 20.7. The van der Waals surface area contributed by atoms with Crippen LogP contribution in [0.25, 0.3) is 38.9 Å². The van der Waals surface area contributed by atoms with Gasteiger partial charge in [0.25, 0.3) is 0 Å². The summed E-state index contributed by atoms with van der Waals surface area (Å²) in [5.74, 6) is -0.165. The molecule has 8 heteroatoms. The molecule has 3 heterocycles. The van der Waals surface area contributed by atoms with Crippen LogP contribution in [0.2, 0.25) is 0 Å². The first-order valence-electron chi connectivity index (χ1n) is 9.83. The monoisotopic (exact) mass is 431 g/mol. The fourth-order valence-electron chi connectivity index (χ4n) is 3.74. The van der Waals surface area contributed by atoms with Crippen molar-refractivity contribution in [1.82, 2.24) is 19.6 Å². The van der Waals surface area contributed by atoms with Gasteiger partial charge >= 0.3 is 6.18 Å². The van der Waals surface area contributed by atoms with E-state index in [1.165, 1.54) is 16.8 Å². The number of rotatable bonds is 4. The number of hydrogen-bond acceptors (Lipinski definition) is 4. The minimum atomic E-state index is -4.38. The topological polar surface area (TPSA) is 66.9 Å². The van der Waals surface area contributed by atoms with Crippen molar-refractivity contribution in [3.8, 4) is 22.4 Å². The van der Waals surface area contributed by atoms with Gasteiger partial charge in [0.15, 0.2) is 5.65 Å². The highest BCUT2D eigenvalue weighted by atomic mass is 19.4. The molecule has 0 aliphatic heterocycles. The minimum Gasteiger partial charge on any atom is -0.308 e. The largest absolute Gasteiger partial charge is 0.396 e. The molecule has 0 spiro atoms. The second-order valence-electron chi connectivity index (χ2n) is 7.37. The van der Waals surface area contributed by atoms with Crippen LogP contribution in [0.15, 0.2) is 72.9 Å². The van der Waals surface area contributed by atoms with Crippen LogP contribution in [-0.4, -0.2) is 32.0 Å². The first-order valence-corrected chi connectivity index (χ1v) is 9.83. The summed E-state index contributed by atoms with van der Waals surface area (Å²) >= 11 is 0. The Labute approximate surface area is 180 Å². The minimum absolute atomic E-state index is 0.165. The molecule has 1 N–H and O–H groups in total. The molecule has 5 rings (SSSR count). The number of pyridine rings is 2. The maximum absolute atomic E-state index is 12.9. The first kappa shape index (κ1) is 19.9. The van der Waals surface area contributed by atoms with E-state index in [1.807, 2.05) is 60.7 Å². The van der Waals surface area contributed by atoms with Gasteiger partial charge in [-0.3, -0.25) is 4.40 Å². The van der Waals surface area contributed by atoms with Gasteiger partial charge in [-0.1, -0.05) is 54.6 Å². The lowest BCUT2D eigenvalue weighted by molar-refractivity contribution is -0.128. The van der Waals surface area contributed by atoms with Crippen LogP contribution < -0.4 is 0 Å². The molecular weight excluding hydrogens is 415 g/mol. The number of alkyl halides is 3. The van der Waals surface area contributed by atoms with E-state index in [0.29, 0.717) is 16.6 Å². The highest BCUT2D eigenvalue weighted by Gasteiger charge is 2.30. The van der Waals surface area contributed by atoms with Gasteiger partial charge in [0.05, 0.1) is 11.2 Å². The quantitative estimate of drug-likeness (QED) is 0.371. The second-order valence-corrected chi connectivity index (χ2v) is 7.37. The number of aromatic nitrogens is 4. The molecule has 32 heavy (non-hydrogen) atoms. The molecule has 5 aromatic rings. The van der Waals surface area contributed by atoms with E-state index in [2.05, 4.69) is 10.2 Å². The smallest absolute Gasteiger partial charge is 0.308 e. The van der Waals surface area contributed by atoms with Gasteiger partial charge in [-0.05, 0) is 23.3 Å². The van der Waals surface area contributed by atoms with E-state index in [-0.39, 0.29) is 5.82 Å². The third kappa shape index (κ3) is 3.60. The molecule has 0 fully saturated rings. The molecule has 0 bridgehead atoms. The Balaban J connectivity index is 1.76. The zero-order valence-electron chi connectivity index (χ0n) is 16.6. The van der Waals surface area contributed by atoms with Gasteiger partial charge in [0.1, 0.15) is 12.2 Å². The Morgan fingerprint density at radius 2 is 1.66 bits per heavy atom. The third-order valence-electron chi connectivity index (χ3n) is 5.23. The molecule has 0 unspecified atom stereocenters. The van der Waals surface area contributed by atoms with E-state index in [0.717, 1.165) is 27.9 Å². The average molecular weight is 431 g/mol. The third-order valence-corrected chi connectivity index (χ3v) is 5.23. The van der Waals surface area contributed by atoms with Gasteiger partial charge in [-0.25, -0.2) is 4.98 Å². The van der Waals surface area contributed by atoms with E-state index in [4.69, 9.17) is 10.4 Å². The van der Waals surface area contributed by atoms with Gasteiger partial charge in [0.2, 0.25) is 0 Å². The summed E-state index contributed by atoms with van der Waals surface area (Å²) in [5.41, 5.74) is 5.07. The van der Waals surface area contributed by atoms with Gasteiger partial charge < -0.3 is 5.41 Å². The van der Waals surface area contributed by atoms with Crippen molar-refractivity contribution in [3.05, 3.63) is 84.3 Å². The summed E-state index contributed by atoms with van der Waals surface area (Å²) in [5, 5.41) is 15.8. The molecule has 0 saturated carbocycles. The Hall–Kier alpha value is -4.07. The summed E-state index contributed by atoms with van der Waals surface area (Å²) in [4.78, 5) is 4.85. The first-order chi connectivity index (χ1) is 15.4. The lowest BCUT2D eigenvalue weighted by atomic mass is 9.97. The normalized spacial score (nSPS) is 11.8. The molecule has 0 saturated heterocycles. The lowest BCUT2D eigenvalue weighted by Crippen LogP contribution is -2.14. The molecule has 158 valence electrons. The molecule has 0 aliphatic carbocycles. The van der Waals surface area contributed by atoms with Crippen LogP contribution in [0.5, 0.6) is 0 Å².